The Balaban J connectivity index is 1.45. The quantitative estimate of drug-likeness (QED) is 0.204. The Morgan fingerprint density at radius 1 is 0.833 bits per heavy atom. The largest absolute Gasteiger partial charge is 0.439 e. The Morgan fingerprint density at radius 3 is 2.38 bits per heavy atom. The number of benzene rings is 5. The van der Waals surface area contributed by atoms with Crippen LogP contribution in [0.5, 0.6) is 11.6 Å². The molecule has 0 aliphatic carbocycles. The van der Waals surface area contributed by atoms with Crippen LogP contribution in [0.4, 0.5) is 0 Å². The van der Waals surface area contributed by atoms with E-state index in [1.807, 2.05) is 60.7 Å². The van der Waals surface area contributed by atoms with Crippen molar-refractivity contribution in [2.75, 3.05) is 13.6 Å². The normalized spacial score (nSPS) is 18.0. The van der Waals surface area contributed by atoms with Crippen LogP contribution in [0.1, 0.15) is 34.6 Å². The smallest absolute Gasteiger partial charge is 0.223 e. The van der Waals surface area contributed by atoms with Gasteiger partial charge >= 0.3 is 0 Å². The maximum absolute atomic E-state index is 13.3. The lowest BCUT2D eigenvalue weighted by atomic mass is 9.70. The monoisotopic (exact) mass is 614 g/mol. The highest BCUT2D eigenvalue weighted by Gasteiger charge is 2.44. The van der Waals surface area contributed by atoms with Crippen molar-refractivity contribution in [1.82, 2.24) is 9.88 Å². The zero-order chi connectivity index (χ0) is 28.7. The van der Waals surface area contributed by atoms with Crippen LogP contribution in [0.25, 0.3) is 21.7 Å². The number of pyridine rings is 1. The van der Waals surface area contributed by atoms with Gasteiger partial charge in [0.05, 0.1) is 5.52 Å². The van der Waals surface area contributed by atoms with Crippen molar-refractivity contribution in [2.45, 2.75) is 24.5 Å². The molecule has 6 aromatic rings. The van der Waals surface area contributed by atoms with E-state index >= 15 is 0 Å². The number of ether oxygens (including phenoxy) is 1. The average Bonchev–Trinajstić information content (AvgIpc) is 3.00. The van der Waals surface area contributed by atoms with Crippen molar-refractivity contribution in [3.63, 3.8) is 0 Å². The topological polar surface area (TPSA) is 45.6 Å². The first-order valence-electron chi connectivity index (χ1n) is 14.3. The van der Waals surface area contributed by atoms with Crippen LogP contribution >= 0.6 is 15.9 Å². The van der Waals surface area contributed by atoms with Gasteiger partial charge in [0.15, 0.2) is 0 Å². The summed E-state index contributed by atoms with van der Waals surface area (Å²) in [4.78, 5) is 7.30. The highest BCUT2D eigenvalue weighted by molar-refractivity contribution is 9.10. The Morgan fingerprint density at radius 2 is 1.57 bits per heavy atom. The number of aromatic nitrogens is 1. The Labute approximate surface area is 254 Å². The molecule has 2 bridgehead atoms. The van der Waals surface area contributed by atoms with Crippen LogP contribution in [-0.2, 0) is 12.1 Å². The zero-order valence-electron chi connectivity index (χ0n) is 23.4. The molecule has 0 saturated carbocycles. The minimum absolute atomic E-state index is 0.423. The van der Waals surface area contributed by atoms with E-state index in [2.05, 4.69) is 88.5 Å². The first-order chi connectivity index (χ1) is 20.5. The number of rotatable bonds is 6. The molecule has 0 amide bonds. The Kier molecular flexibility index (Phi) is 7.02. The second-order valence-electron chi connectivity index (χ2n) is 11.3. The SMILES string of the molecule is CN(CCC1(O)c2cc(cc3ccccc23)Oc2nc3ccc(Br)cc3cc2C1c1ccccc1)Cc1ccccc1. The van der Waals surface area contributed by atoms with Crippen LogP contribution < -0.4 is 4.74 Å². The van der Waals surface area contributed by atoms with E-state index < -0.39 is 11.5 Å². The van der Waals surface area contributed by atoms with Gasteiger partial charge in [-0.3, -0.25) is 0 Å². The van der Waals surface area contributed by atoms with Crippen molar-refractivity contribution < 1.29 is 9.84 Å². The minimum atomic E-state index is -1.26. The summed E-state index contributed by atoms with van der Waals surface area (Å²) in [5.74, 6) is 0.779. The number of hydrogen-bond donors (Lipinski definition) is 1. The van der Waals surface area contributed by atoms with Gasteiger partial charge in [-0.05, 0) is 77.3 Å². The van der Waals surface area contributed by atoms with Gasteiger partial charge in [-0.25, -0.2) is 4.98 Å². The summed E-state index contributed by atoms with van der Waals surface area (Å²) in [6.07, 6.45) is 0.513. The Bertz CT molecular complexity index is 1890. The molecule has 1 N–H and O–H groups in total. The number of nitrogens with zero attached hydrogens (tertiary/aromatic N) is 2. The third kappa shape index (κ3) is 4.98. The maximum atomic E-state index is 13.3. The van der Waals surface area contributed by atoms with Gasteiger partial charge in [0.25, 0.3) is 0 Å². The first kappa shape index (κ1) is 26.8. The van der Waals surface area contributed by atoms with Gasteiger partial charge in [-0.15, -0.1) is 0 Å². The van der Waals surface area contributed by atoms with Crippen molar-refractivity contribution in [1.29, 1.82) is 0 Å². The summed E-state index contributed by atoms with van der Waals surface area (Å²) >= 11 is 3.63. The fourth-order valence-corrected chi connectivity index (χ4v) is 6.75. The van der Waals surface area contributed by atoms with Crippen LogP contribution in [0.2, 0.25) is 0 Å². The summed E-state index contributed by atoms with van der Waals surface area (Å²) < 4.78 is 7.57. The van der Waals surface area contributed by atoms with Gasteiger partial charge < -0.3 is 14.7 Å². The van der Waals surface area contributed by atoms with E-state index in [9.17, 15) is 5.11 Å². The average molecular weight is 616 g/mol. The second kappa shape index (κ2) is 11.0. The first-order valence-corrected chi connectivity index (χ1v) is 15.1. The van der Waals surface area contributed by atoms with Crippen molar-refractivity contribution in [2.24, 2.45) is 0 Å². The molecule has 7 rings (SSSR count). The van der Waals surface area contributed by atoms with Crippen LogP contribution in [0.3, 0.4) is 0 Å². The summed E-state index contributed by atoms with van der Waals surface area (Å²) in [5, 5.41) is 16.4. The standard InChI is InChI=1S/C37H31BrN2O2/c1-40(24-25-10-4-2-5-11-25)19-18-37(41)33-23-30(21-27-14-8-9-15-31(27)33)42-36-32(35(37)26-12-6-3-7-13-26)22-28-20-29(38)16-17-34(28)39-36/h2-17,20-23,35,41H,18-19,24H2,1H3. The van der Waals surface area contributed by atoms with Gasteiger partial charge in [-0.2, -0.15) is 0 Å². The molecule has 1 aliphatic rings. The van der Waals surface area contributed by atoms with E-state index in [0.717, 1.165) is 49.4 Å². The number of fused-ring (bicyclic) bond motifs is 6. The molecule has 1 aliphatic heterocycles. The number of hydrogen-bond acceptors (Lipinski definition) is 4. The molecule has 5 heteroatoms. The molecule has 0 radical (unpaired) electrons. The molecule has 208 valence electrons. The second-order valence-corrected chi connectivity index (χ2v) is 12.2. The maximum Gasteiger partial charge on any atom is 0.223 e. The van der Waals surface area contributed by atoms with E-state index in [1.165, 1.54) is 5.56 Å². The van der Waals surface area contributed by atoms with E-state index in [-0.39, 0.29) is 0 Å². The third-order valence-electron chi connectivity index (χ3n) is 8.38. The van der Waals surface area contributed by atoms with Crippen molar-refractivity contribution >= 4 is 37.6 Å². The highest BCUT2D eigenvalue weighted by atomic mass is 79.9. The molecule has 0 spiro atoms. The molecule has 1 aromatic heterocycles. The lowest BCUT2D eigenvalue weighted by Gasteiger charge is -2.41. The minimum Gasteiger partial charge on any atom is -0.439 e. The fourth-order valence-electron chi connectivity index (χ4n) is 6.37. The molecule has 5 aromatic carbocycles. The molecule has 2 unspecified atom stereocenters. The van der Waals surface area contributed by atoms with Crippen LogP contribution in [0, 0.1) is 0 Å². The molecule has 2 atom stereocenters. The predicted molar refractivity (Wildman–Crippen MR) is 173 cm³/mol. The molecule has 0 fully saturated rings. The Hall–Kier alpha value is -4.03. The van der Waals surface area contributed by atoms with Gasteiger partial charge in [0.1, 0.15) is 11.4 Å². The van der Waals surface area contributed by atoms with Gasteiger partial charge in [0.2, 0.25) is 5.88 Å². The van der Waals surface area contributed by atoms with Crippen molar-refractivity contribution in [3.05, 3.63) is 148 Å². The van der Waals surface area contributed by atoms with E-state index in [1.54, 1.807) is 0 Å². The van der Waals surface area contributed by atoms with Crippen molar-refractivity contribution in [3.8, 4) is 11.6 Å². The fraction of sp³-hybridized carbons (Fsp3) is 0.162. The number of halogens is 1. The lowest BCUT2D eigenvalue weighted by Crippen LogP contribution is -2.39. The third-order valence-corrected chi connectivity index (χ3v) is 8.87. The summed E-state index contributed by atoms with van der Waals surface area (Å²) in [5.41, 5.74) is 3.59. The van der Waals surface area contributed by atoms with Gasteiger partial charge in [-0.1, -0.05) is 101 Å². The van der Waals surface area contributed by atoms with E-state index in [0.29, 0.717) is 24.6 Å². The molecule has 2 heterocycles. The molecular weight excluding hydrogens is 584 g/mol. The highest BCUT2D eigenvalue weighted by Crippen LogP contribution is 2.52. The lowest BCUT2D eigenvalue weighted by molar-refractivity contribution is 0.00230. The summed E-state index contributed by atoms with van der Waals surface area (Å²) in [7, 11) is 2.12. The predicted octanol–water partition coefficient (Wildman–Crippen LogP) is 8.80. The van der Waals surface area contributed by atoms with Gasteiger partial charge in [0, 0.05) is 34.4 Å². The molecule has 0 saturated heterocycles. The van der Waals surface area contributed by atoms with Crippen LogP contribution in [-0.4, -0.2) is 28.6 Å². The molecular formula is C37H31BrN2O2. The van der Waals surface area contributed by atoms with Crippen LogP contribution in [0.15, 0.2) is 126 Å². The molecule has 4 nitrogen and oxygen atoms in total. The number of aliphatic hydroxyl groups is 1. The summed E-state index contributed by atoms with van der Waals surface area (Å²) in [6.45, 7) is 1.49. The zero-order valence-corrected chi connectivity index (χ0v) is 25.0. The molecule has 42 heavy (non-hydrogen) atoms. The van der Waals surface area contributed by atoms with E-state index in [4.69, 9.17) is 9.72 Å². The summed E-state index contributed by atoms with van der Waals surface area (Å²) in [6, 6.07) is 41.3.